The van der Waals surface area contributed by atoms with E-state index in [2.05, 4.69) is 0 Å². The summed E-state index contributed by atoms with van der Waals surface area (Å²) in [4.78, 5) is 10.8. The van der Waals surface area contributed by atoms with Gasteiger partial charge in [0.15, 0.2) is 0 Å². The molecule has 0 bridgehead atoms. The molecule has 7 heteroatoms. The first-order valence-corrected chi connectivity index (χ1v) is 6.13. The average Bonchev–Trinajstić information content (AvgIpc) is 2.39. The van der Waals surface area contributed by atoms with Crippen LogP contribution in [-0.2, 0) is 12.6 Å². The molecule has 0 unspecified atom stereocenters. The van der Waals surface area contributed by atoms with Crippen molar-refractivity contribution in [1.82, 2.24) is 0 Å². The monoisotopic (exact) mass is 312 g/mol. The molecule has 116 valence electrons. The minimum absolute atomic E-state index is 0.0253. The lowest BCUT2D eigenvalue weighted by Crippen LogP contribution is -2.05. The Morgan fingerprint density at radius 2 is 1.68 bits per heavy atom. The van der Waals surface area contributed by atoms with E-state index in [1.807, 2.05) is 0 Å². The maximum absolute atomic E-state index is 12.7. The Morgan fingerprint density at radius 3 is 2.23 bits per heavy atom. The SMILES string of the molecule is O=C(O)c1ccc(Cc2cc(C(F)(F)F)ccc2O)cc1O. The lowest BCUT2D eigenvalue weighted by molar-refractivity contribution is -0.137. The van der Waals surface area contributed by atoms with E-state index in [4.69, 9.17) is 5.11 Å². The molecule has 0 atom stereocenters. The van der Waals surface area contributed by atoms with Crippen LogP contribution < -0.4 is 0 Å². The van der Waals surface area contributed by atoms with Crippen molar-refractivity contribution in [1.29, 1.82) is 0 Å². The van der Waals surface area contributed by atoms with Gasteiger partial charge in [0.1, 0.15) is 17.1 Å². The number of alkyl halides is 3. The number of aromatic carboxylic acids is 1. The second-order valence-electron chi connectivity index (χ2n) is 4.67. The van der Waals surface area contributed by atoms with E-state index in [9.17, 15) is 28.2 Å². The number of carbonyl (C=O) groups is 1. The zero-order valence-corrected chi connectivity index (χ0v) is 11.1. The highest BCUT2D eigenvalue weighted by Crippen LogP contribution is 2.33. The molecular weight excluding hydrogens is 301 g/mol. The van der Waals surface area contributed by atoms with Crippen molar-refractivity contribution in [2.24, 2.45) is 0 Å². The van der Waals surface area contributed by atoms with Crippen LogP contribution in [-0.4, -0.2) is 21.3 Å². The molecule has 0 aliphatic heterocycles. The molecule has 0 fully saturated rings. The summed E-state index contributed by atoms with van der Waals surface area (Å²) in [6.07, 6.45) is -4.61. The summed E-state index contributed by atoms with van der Waals surface area (Å²) in [7, 11) is 0. The van der Waals surface area contributed by atoms with Gasteiger partial charge in [-0.3, -0.25) is 0 Å². The number of hydrogen-bond donors (Lipinski definition) is 3. The molecule has 0 heterocycles. The lowest BCUT2D eigenvalue weighted by atomic mass is 10.00. The molecule has 0 spiro atoms. The number of aromatic hydroxyl groups is 2. The maximum Gasteiger partial charge on any atom is 0.416 e. The number of halogens is 3. The normalized spacial score (nSPS) is 11.4. The van der Waals surface area contributed by atoms with E-state index in [1.165, 1.54) is 6.07 Å². The van der Waals surface area contributed by atoms with Gasteiger partial charge in [-0.2, -0.15) is 13.2 Å². The molecule has 0 saturated heterocycles. The number of hydrogen-bond acceptors (Lipinski definition) is 3. The quantitative estimate of drug-likeness (QED) is 0.811. The highest BCUT2D eigenvalue weighted by atomic mass is 19.4. The van der Waals surface area contributed by atoms with Crippen LogP contribution in [0.2, 0.25) is 0 Å². The summed E-state index contributed by atoms with van der Waals surface area (Å²) in [5, 5.41) is 28.0. The fourth-order valence-electron chi connectivity index (χ4n) is 1.99. The van der Waals surface area contributed by atoms with Crippen LogP contribution in [0.25, 0.3) is 0 Å². The van der Waals surface area contributed by atoms with Crippen molar-refractivity contribution >= 4 is 5.97 Å². The maximum atomic E-state index is 12.7. The number of benzene rings is 2. The Morgan fingerprint density at radius 1 is 1.00 bits per heavy atom. The molecule has 0 aliphatic carbocycles. The van der Waals surface area contributed by atoms with Gasteiger partial charge in [-0.05, 0) is 41.5 Å². The Kier molecular flexibility index (Phi) is 3.99. The number of rotatable bonds is 3. The van der Waals surface area contributed by atoms with Crippen molar-refractivity contribution in [2.45, 2.75) is 12.6 Å². The minimum atomic E-state index is -4.53. The largest absolute Gasteiger partial charge is 0.508 e. The van der Waals surface area contributed by atoms with Crippen molar-refractivity contribution in [2.75, 3.05) is 0 Å². The van der Waals surface area contributed by atoms with Crippen LogP contribution in [0.15, 0.2) is 36.4 Å². The second-order valence-corrected chi connectivity index (χ2v) is 4.67. The summed E-state index contributed by atoms with van der Waals surface area (Å²) in [5.74, 6) is -2.11. The molecule has 22 heavy (non-hydrogen) atoms. The molecule has 3 N–H and O–H groups in total. The first-order valence-electron chi connectivity index (χ1n) is 6.13. The molecule has 0 saturated carbocycles. The molecule has 0 radical (unpaired) electrons. The van der Waals surface area contributed by atoms with Gasteiger partial charge in [0.05, 0.1) is 5.56 Å². The first kappa shape index (κ1) is 15.7. The molecule has 0 aromatic heterocycles. The standard InChI is InChI=1S/C15H11F3O4/c16-15(17,18)10-2-4-12(19)9(7-10)5-8-1-3-11(14(21)22)13(20)6-8/h1-4,6-7,19-20H,5H2,(H,21,22). The van der Waals surface area contributed by atoms with E-state index < -0.39 is 23.5 Å². The van der Waals surface area contributed by atoms with Gasteiger partial charge in [-0.25, -0.2) is 4.79 Å². The molecule has 2 aromatic rings. The Bertz CT molecular complexity index is 723. The van der Waals surface area contributed by atoms with Crippen LogP contribution in [0.1, 0.15) is 27.0 Å². The Hall–Kier alpha value is -2.70. The fraction of sp³-hybridized carbons (Fsp3) is 0.133. The number of phenols is 2. The van der Waals surface area contributed by atoms with Gasteiger partial charge < -0.3 is 15.3 Å². The van der Waals surface area contributed by atoms with Gasteiger partial charge in [0.2, 0.25) is 0 Å². The molecule has 0 amide bonds. The predicted octanol–water partition coefficient (Wildman–Crippen LogP) is 3.41. The smallest absolute Gasteiger partial charge is 0.416 e. The van der Waals surface area contributed by atoms with E-state index >= 15 is 0 Å². The van der Waals surface area contributed by atoms with Gasteiger partial charge in [-0.1, -0.05) is 6.07 Å². The highest BCUT2D eigenvalue weighted by Gasteiger charge is 2.31. The van der Waals surface area contributed by atoms with Crippen molar-refractivity contribution < 1.29 is 33.3 Å². The summed E-state index contributed by atoms with van der Waals surface area (Å²) < 4.78 is 38.0. The third kappa shape index (κ3) is 3.30. The minimum Gasteiger partial charge on any atom is -0.508 e. The predicted molar refractivity (Wildman–Crippen MR) is 71.0 cm³/mol. The van der Waals surface area contributed by atoms with E-state index in [1.54, 1.807) is 0 Å². The topological polar surface area (TPSA) is 77.8 Å². The van der Waals surface area contributed by atoms with E-state index in [-0.39, 0.29) is 23.3 Å². The number of phenolic OH excluding ortho intramolecular Hbond substituents is 1. The van der Waals surface area contributed by atoms with Crippen LogP contribution in [0, 0.1) is 0 Å². The molecule has 0 aliphatic rings. The third-order valence-corrected chi connectivity index (χ3v) is 3.09. The zero-order chi connectivity index (χ0) is 16.5. The summed E-state index contributed by atoms with van der Waals surface area (Å²) in [5.41, 5.74) is -0.807. The molecular formula is C15H11F3O4. The summed E-state index contributed by atoms with van der Waals surface area (Å²) in [6, 6.07) is 6.19. The van der Waals surface area contributed by atoms with Gasteiger partial charge in [0, 0.05) is 6.42 Å². The summed E-state index contributed by atoms with van der Waals surface area (Å²) >= 11 is 0. The van der Waals surface area contributed by atoms with E-state index in [0.717, 1.165) is 30.3 Å². The highest BCUT2D eigenvalue weighted by molar-refractivity contribution is 5.90. The van der Waals surface area contributed by atoms with Gasteiger partial charge in [-0.15, -0.1) is 0 Å². The lowest BCUT2D eigenvalue weighted by Gasteiger charge is -2.11. The molecule has 4 nitrogen and oxygen atoms in total. The molecule has 2 rings (SSSR count). The average molecular weight is 312 g/mol. The number of carboxylic acids is 1. The van der Waals surface area contributed by atoms with Crippen molar-refractivity contribution in [3.63, 3.8) is 0 Å². The van der Waals surface area contributed by atoms with Crippen molar-refractivity contribution in [3.05, 3.63) is 58.7 Å². The third-order valence-electron chi connectivity index (χ3n) is 3.09. The van der Waals surface area contributed by atoms with E-state index in [0.29, 0.717) is 5.56 Å². The van der Waals surface area contributed by atoms with Crippen LogP contribution in [0.4, 0.5) is 13.2 Å². The van der Waals surface area contributed by atoms with Gasteiger partial charge >= 0.3 is 12.1 Å². The zero-order valence-electron chi connectivity index (χ0n) is 11.1. The van der Waals surface area contributed by atoms with Crippen LogP contribution >= 0.6 is 0 Å². The Labute approximate surface area is 123 Å². The van der Waals surface area contributed by atoms with Gasteiger partial charge in [0.25, 0.3) is 0 Å². The summed E-state index contributed by atoms with van der Waals surface area (Å²) in [6.45, 7) is 0. The fourth-order valence-corrected chi connectivity index (χ4v) is 1.99. The first-order chi connectivity index (χ1) is 10.2. The molecule has 2 aromatic carbocycles. The van der Waals surface area contributed by atoms with Crippen LogP contribution in [0.5, 0.6) is 11.5 Å². The van der Waals surface area contributed by atoms with Crippen LogP contribution in [0.3, 0.4) is 0 Å². The van der Waals surface area contributed by atoms with Crippen molar-refractivity contribution in [3.8, 4) is 11.5 Å². The Balaban J connectivity index is 2.35. The number of carboxylic acid groups (broad SMARTS) is 1. The second kappa shape index (κ2) is 5.59.